The van der Waals surface area contributed by atoms with Crippen LogP contribution in [0.1, 0.15) is 119 Å². The Hall–Kier alpha value is -2.57. The molecular weight excluding hydrogens is 448 g/mol. The molecule has 1 heterocycles. The third kappa shape index (κ3) is 14.4. The van der Waals surface area contributed by atoms with Crippen molar-refractivity contribution in [1.29, 1.82) is 0 Å². The first-order valence-corrected chi connectivity index (χ1v) is 13.3. The number of cyclic esters (lactones) is 2. The number of ether oxygens (including phenoxy) is 4. The zero-order valence-corrected chi connectivity index (χ0v) is 21.9. The van der Waals surface area contributed by atoms with E-state index in [0.717, 1.165) is 25.7 Å². The molecule has 35 heavy (non-hydrogen) atoms. The normalized spacial score (nSPS) is 14.4. The van der Waals surface area contributed by atoms with E-state index in [1.54, 1.807) is 31.2 Å². The monoisotopic (exact) mass is 492 g/mol. The van der Waals surface area contributed by atoms with Gasteiger partial charge in [-0.1, -0.05) is 90.2 Å². The Labute approximate surface area is 210 Å². The van der Waals surface area contributed by atoms with Crippen LogP contribution in [0.2, 0.25) is 0 Å². The minimum Gasteiger partial charge on any atom is -0.462 e. The largest absolute Gasteiger partial charge is 0.508 e. The summed E-state index contributed by atoms with van der Waals surface area (Å²) in [7, 11) is 0. The summed E-state index contributed by atoms with van der Waals surface area (Å²) in [6.45, 7) is 7.36. The van der Waals surface area contributed by atoms with E-state index in [1.807, 2.05) is 0 Å². The van der Waals surface area contributed by atoms with E-state index < -0.39 is 18.1 Å². The molecule has 0 amide bonds. The Bertz CT molecular complexity index is 683. The number of benzene rings is 1. The van der Waals surface area contributed by atoms with Crippen LogP contribution in [-0.4, -0.2) is 44.0 Å². The Balaban J connectivity index is 0.000000744. The van der Waals surface area contributed by atoms with Crippen molar-refractivity contribution < 1.29 is 33.3 Å². The van der Waals surface area contributed by atoms with Crippen molar-refractivity contribution in [2.75, 3.05) is 19.8 Å². The molecule has 0 aliphatic carbocycles. The molecule has 1 atom stereocenters. The highest BCUT2D eigenvalue weighted by atomic mass is 16.8. The van der Waals surface area contributed by atoms with Crippen molar-refractivity contribution in [3.05, 3.63) is 35.4 Å². The maximum Gasteiger partial charge on any atom is 0.508 e. The zero-order chi connectivity index (χ0) is 25.7. The molecule has 0 aromatic heterocycles. The van der Waals surface area contributed by atoms with Crippen LogP contribution >= 0.6 is 0 Å². The quantitative estimate of drug-likeness (QED) is 0.136. The fourth-order valence-electron chi connectivity index (χ4n) is 3.51. The lowest BCUT2D eigenvalue weighted by molar-refractivity contribution is 0.0450. The molecule has 7 heteroatoms. The van der Waals surface area contributed by atoms with Gasteiger partial charge in [0.1, 0.15) is 12.7 Å². The van der Waals surface area contributed by atoms with Crippen molar-refractivity contribution in [1.82, 2.24) is 0 Å². The van der Waals surface area contributed by atoms with Gasteiger partial charge >= 0.3 is 18.1 Å². The second-order valence-electron chi connectivity index (χ2n) is 8.84. The van der Waals surface area contributed by atoms with Crippen molar-refractivity contribution in [2.45, 2.75) is 104 Å². The maximum atomic E-state index is 12.4. The Morgan fingerprint density at radius 1 is 0.771 bits per heavy atom. The van der Waals surface area contributed by atoms with Gasteiger partial charge in [-0.05, 0) is 31.9 Å². The smallest absolute Gasteiger partial charge is 0.462 e. The average molecular weight is 493 g/mol. The standard InChI is InChI=1S/C24H38O4.C4H6O3/c1-3-5-7-9-11-15-19-27-23(25)21-17-13-14-18-22(21)24(26)28-20-16-12-10-8-6-4-2;1-3-2-6-4(5)7-3/h13-14,17-18H,3-12,15-16,19-20H2,1-2H3;3H,2H2,1H3. The number of carbonyl (C=O) groups is 3. The molecule has 7 nitrogen and oxygen atoms in total. The van der Waals surface area contributed by atoms with Crippen molar-refractivity contribution in [2.24, 2.45) is 0 Å². The first-order chi connectivity index (χ1) is 17.0. The first kappa shape index (κ1) is 30.5. The number of carbonyl (C=O) groups excluding carboxylic acids is 3. The average Bonchev–Trinajstić information content (AvgIpc) is 3.25. The van der Waals surface area contributed by atoms with E-state index in [2.05, 4.69) is 23.3 Å². The Morgan fingerprint density at radius 2 is 1.20 bits per heavy atom. The van der Waals surface area contributed by atoms with E-state index in [0.29, 0.717) is 30.9 Å². The minimum absolute atomic E-state index is 0.0486. The van der Waals surface area contributed by atoms with Crippen molar-refractivity contribution in [3.8, 4) is 0 Å². The molecule has 1 aromatic carbocycles. The maximum absolute atomic E-state index is 12.4. The second-order valence-corrected chi connectivity index (χ2v) is 8.84. The molecule has 1 saturated heterocycles. The fraction of sp³-hybridized carbons (Fsp3) is 0.679. The molecule has 198 valence electrons. The van der Waals surface area contributed by atoms with E-state index >= 15 is 0 Å². The van der Waals surface area contributed by atoms with Crippen molar-refractivity contribution in [3.63, 3.8) is 0 Å². The third-order valence-corrected chi connectivity index (χ3v) is 5.56. The lowest BCUT2D eigenvalue weighted by Crippen LogP contribution is -2.15. The summed E-state index contributed by atoms with van der Waals surface area (Å²) in [5.41, 5.74) is 0.586. The van der Waals surface area contributed by atoms with Crippen LogP contribution in [0.3, 0.4) is 0 Å². The topological polar surface area (TPSA) is 88.1 Å². The summed E-state index contributed by atoms with van der Waals surface area (Å²) in [6.07, 6.45) is 13.0. The van der Waals surface area contributed by atoms with Gasteiger partial charge < -0.3 is 18.9 Å². The predicted molar refractivity (Wildman–Crippen MR) is 136 cm³/mol. The molecule has 1 aromatic rings. The molecule has 1 aliphatic heterocycles. The molecule has 1 unspecified atom stereocenters. The Kier molecular flexibility index (Phi) is 17.2. The number of esters is 2. The lowest BCUT2D eigenvalue weighted by Gasteiger charge is -2.10. The van der Waals surface area contributed by atoms with Gasteiger partial charge in [-0.2, -0.15) is 0 Å². The molecule has 0 saturated carbocycles. The first-order valence-electron chi connectivity index (χ1n) is 13.3. The van der Waals surface area contributed by atoms with Gasteiger partial charge in [0.2, 0.25) is 0 Å². The van der Waals surface area contributed by atoms with Gasteiger partial charge in [0.25, 0.3) is 0 Å². The molecule has 2 rings (SSSR count). The summed E-state index contributed by atoms with van der Waals surface area (Å²) in [5, 5.41) is 0. The number of hydrogen-bond donors (Lipinski definition) is 0. The SMILES string of the molecule is CC1COC(=O)O1.CCCCCCCCOC(=O)c1ccccc1C(=O)OCCCCCCCC. The molecule has 0 spiro atoms. The van der Waals surface area contributed by atoms with Gasteiger partial charge in [0.15, 0.2) is 0 Å². The summed E-state index contributed by atoms with van der Waals surface area (Å²) in [4.78, 5) is 34.7. The number of unbranched alkanes of at least 4 members (excludes halogenated alkanes) is 10. The van der Waals surface area contributed by atoms with Crippen LogP contribution in [0.4, 0.5) is 4.79 Å². The van der Waals surface area contributed by atoms with E-state index in [1.165, 1.54) is 51.4 Å². The summed E-state index contributed by atoms with van der Waals surface area (Å²) < 4.78 is 19.6. The Morgan fingerprint density at radius 3 is 1.54 bits per heavy atom. The fourth-order valence-corrected chi connectivity index (χ4v) is 3.51. The molecule has 0 bridgehead atoms. The van der Waals surface area contributed by atoms with Crippen LogP contribution < -0.4 is 0 Å². The van der Waals surface area contributed by atoms with Gasteiger partial charge in [0.05, 0.1) is 24.3 Å². The van der Waals surface area contributed by atoms with Gasteiger partial charge in [-0.15, -0.1) is 0 Å². The summed E-state index contributed by atoms with van der Waals surface area (Å²) >= 11 is 0. The van der Waals surface area contributed by atoms with Crippen LogP contribution in [0.5, 0.6) is 0 Å². The summed E-state index contributed by atoms with van der Waals surface area (Å²) in [6, 6.07) is 6.74. The van der Waals surface area contributed by atoms with Gasteiger partial charge in [-0.25, -0.2) is 14.4 Å². The van der Waals surface area contributed by atoms with Crippen LogP contribution in [0, 0.1) is 0 Å². The number of hydrogen-bond acceptors (Lipinski definition) is 7. The number of rotatable bonds is 16. The minimum atomic E-state index is -0.549. The van der Waals surface area contributed by atoms with E-state index in [-0.39, 0.29) is 6.10 Å². The summed E-state index contributed by atoms with van der Waals surface area (Å²) in [5.74, 6) is -0.888. The highest BCUT2D eigenvalue weighted by molar-refractivity contribution is 6.03. The molecule has 0 radical (unpaired) electrons. The zero-order valence-electron chi connectivity index (χ0n) is 21.9. The van der Waals surface area contributed by atoms with E-state index in [4.69, 9.17) is 9.47 Å². The lowest BCUT2D eigenvalue weighted by atomic mass is 10.1. The molecule has 1 aliphatic rings. The molecular formula is C28H44O7. The van der Waals surface area contributed by atoms with Crippen LogP contribution in [-0.2, 0) is 18.9 Å². The van der Waals surface area contributed by atoms with Crippen molar-refractivity contribution >= 4 is 18.1 Å². The highest BCUT2D eigenvalue weighted by Crippen LogP contribution is 2.14. The van der Waals surface area contributed by atoms with E-state index in [9.17, 15) is 14.4 Å². The molecule has 1 fully saturated rings. The molecule has 0 N–H and O–H groups in total. The third-order valence-electron chi connectivity index (χ3n) is 5.56. The van der Waals surface area contributed by atoms with Gasteiger partial charge in [0, 0.05) is 0 Å². The second kappa shape index (κ2) is 19.7. The highest BCUT2D eigenvalue weighted by Gasteiger charge is 2.19. The van der Waals surface area contributed by atoms with Crippen LogP contribution in [0.25, 0.3) is 0 Å². The van der Waals surface area contributed by atoms with Crippen LogP contribution in [0.15, 0.2) is 24.3 Å². The predicted octanol–water partition coefficient (Wildman–Crippen LogP) is 7.26. The van der Waals surface area contributed by atoms with Gasteiger partial charge in [-0.3, -0.25) is 0 Å².